The monoisotopic (exact) mass is 454 g/mol. The zero-order chi connectivity index (χ0) is 20.9. The Kier molecular flexibility index (Phi) is 4.75. The number of fused-ring (bicyclic) bond motifs is 3. The van der Waals surface area contributed by atoms with Crippen LogP contribution in [0.2, 0.25) is 0 Å². The van der Waals surface area contributed by atoms with Gasteiger partial charge in [-0.05, 0) is 55.7 Å². The average Bonchev–Trinajstić information content (AvgIpc) is 3.15. The van der Waals surface area contributed by atoms with E-state index in [9.17, 15) is 4.79 Å². The number of rotatable bonds is 6. The summed E-state index contributed by atoms with van der Waals surface area (Å²) in [7, 11) is 0. The Balaban J connectivity index is 1.39. The van der Waals surface area contributed by atoms with Crippen LogP contribution in [0.1, 0.15) is 60.0 Å². The molecule has 1 fully saturated rings. The van der Waals surface area contributed by atoms with Gasteiger partial charge in [-0.15, -0.1) is 11.3 Å². The van der Waals surface area contributed by atoms with Crippen molar-refractivity contribution < 1.29 is 8.94 Å². The Morgan fingerprint density at radius 2 is 2.19 bits per heavy atom. The van der Waals surface area contributed by atoms with Crippen LogP contribution in [0.3, 0.4) is 0 Å². The van der Waals surface area contributed by atoms with Crippen LogP contribution in [0.15, 0.2) is 37.3 Å². The molecule has 0 saturated heterocycles. The number of nitrogens with zero attached hydrogens (tertiary/aromatic N) is 4. The Morgan fingerprint density at radius 3 is 3.00 bits per heavy atom. The molecule has 31 heavy (non-hydrogen) atoms. The van der Waals surface area contributed by atoms with Gasteiger partial charge in [0.25, 0.3) is 5.56 Å². The first-order chi connectivity index (χ1) is 15.2. The van der Waals surface area contributed by atoms with Crippen LogP contribution >= 0.6 is 23.1 Å². The number of furan rings is 1. The normalized spacial score (nSPS) is 18.5. The van der Waals surface area contributed by atoms with Crippen LogP contribution in [-0.2, 0) is 25.1 Å². The average molecular weight is 455 g/mol. The third-order valence-electron chi connectivity index (χ3n) is 6.02. The Hall–Kier alpha value is -2.39. The number of thioether (sulfide) groups is 1. The molecule has 2 aliphatic carbocycles. The lowest BCUT2D eigenvalue weighted by Crippen LogP contribution is -2.24. The van der Waals surface area contributed by atoms with Gasteiger partial charge in [-0.1, -0.05) is 23.8 Å². The Labute approximate surface area is 186 Å². The standard InChI is InChI=1S/C22H22N4O3S2/c1-12-4-7-15-16(9-12)31-20-18(15)21(27)26(10-14-3-2-8-28-14)22(24-20)30-11-17-23-19(29-25-17)13-5-6-13/h2-3,8,12-13H,4-7,9-11H2,1H3. The van der Waals surface area contributed by atoms with E-state index in [1.54, 1.807) is 22.2 Å². The topological polar surface area (TPSA) is 86.9 Å². The summed E-state index contributed by atoms with van der Waals surface area (Å²) in [6, 6.07) is 3.72. The molecular formula is C22H22N4O3S2. The highest BCUT2D eigenvalue weighted by atomic mass is 32.2. The first kappa shape index (κ1) is 19.3. The van der Waals surface area contributed by atoms with Crippen molar-refractivity contribution >= 4 is 33.3 Å². The Bertz CT molecular complexity index is 1300. The first-order valence-electron chi connectivity index (χ1n) is 10.7. The van der Waals surface area contributed by atoms with Crippen molar-refractivity contribution in [1.82, 2.24) is 19.7 Å². The SMILES string of the molecule is CC1CCc2c(sc3nc(SCc4noc(C5CC5)n4)n(Cc4ccco4)c(=O)c23)C1. The van der Waals surface area contributed by atoms with E-state index in [2.05, 4.69) is 17.1 Å². The molecule has 4 heterocycles. The van der Waals surface area contributed by atoms with Gasteiger partial charge in [0.05, 0.1) is 23.9 Å². The zero-order valence-corrected chi connectivity index (χ0v) is 18.8. The number of thiophene rings is 1. The second kappa shape index (κ2) is 7.63. The van der Waals surface area contributed by atoms with Crippen LogP contribution in [0.25, 0.3) is 10.2 Å². The molecule has 4 aromatic rings. The van der Waals surface area contributed by atoms with Crippen molar-refractivity contribution in [3.63, 3.8) is 0 Å². The predicted molar refractivity (Wildman–Crippen MR) is 119 cm³/mol. The van der Waals surface area contributed by atoms with E-state index < -0.39 is 0 Å². The van der Waals surface area contributed by atoms with E-state index in [1.807, 2.05) is 12.1 Å². The predicted octanol–water partition coefficient (Wildman–Crippen LogP) is 4.78. The Morgan fingerprint density at radius 1 is 1.29 bits per heavy atom. The van der Waals surface area contributed by atoms with Crippen LogP contribution < -0.4 is 5.56 Å². The van der Waals surface area contributed by atoms with Crippen molar-refractivity contribution in [1.29, 1.82) is 0 Å². The fourth-order valence-corrected chi connectivity index (χ4v) is 6.43. The highest BCUT2D eigenvalue weighted by Gasteiger charge is 2.30. The molecule has 0 radical (unpaired) electrons. The maximum absolute atomic E-state index is 13.6. The highest BCUT2D eigenvalue weighted by molar-refractivity contribution is 7.98. The van der Waals surface area contributed by atoms with Gasteiger partial charge in [-0.3, -0.25) is 9.36 Å². The minimum absolute atomic E-state index is 0.0164. The second-order valence-corrected chi connectivity index (χ2v) is 10.5. The molecule has 4 aromatic heterocycles. The van der Waals surface area contributed by atoms with E-state index in [4.69, 9.17) is 13.9 Å². The third kappa shape index (κ3) is 3.63. The van der Waals surface area contributed by atoms with Crippen molar-refractivity contribution in [3.05, 3.63) is 56.7 Å². The summed E-state index contributed by atoms with van der Waals surface area (Å²) in [4.78, 5) is 25.2. The van der Waals surface area contributed by atoms with E-state index in [0.29, 0.717) is 35.1 Å². The summed E-state index contributed by atoms with van der Waals surface area (Å²) in [6.07, 6.45) is 6.98. The maximum atomic E-state index is 13.6. The van der Waals surface area contributed by atoms with Gasteiger partial charge < -0.3 is 8.94 Å². The molecule has 6 rings (SSSR count). The summed E-state index contributed by atoms with van der Waals surface area (Å²) in [6.45, 7) is 2.63. The number of hydrogen-bond acceptors (Lipinski definition) is 8. The lowest BCUT2D eigenvalue weighted by molar-refractivity contribution is 0.375. The summed E-state index contributed by atoms with van der Waals surface area (Å²) in [5, 5.41) is 5.56. The molecule has 0 spiro atoms. The minimum Gasteiger partial charge on any atom is -0.467 e. The van der Waals surface area contributed by atoms with Crippen LogP contribution in [-0.4, -0.2) is 19.7 Å². The fraction of sp³-hybridized carbons (Fsp3) is 0.455. The van der Waals surface area contributed by atoms with Crippen LogP contribution in [0.4, 0.5) is 0 Å². The van der Waals surface area contributed by atoms with E-state index in [-0.39, 0.29) is 5.56 Å². The number of hydrogen-bond donors (Lipinski definition) is 0. The second-order valence-electron chi connectivity index (χ2n) is 8.51. The van der Waals surface area contributed by atoms with Gasteiger partial charge in [0.15, 0.2) is 11.0 Å². The fourth-order valence-electron chi connectivity index (χ4n) is 4.16. The summed E-state index contributed by atoms with van der Waals surface area (Å²) in [5.74, 6) is 3.70. The van der Waals surface area contributed by atoms with Gasteiger partial charge >= 0.3 is 0 Å². The molecule has 0 aliphatic heterocycles. The molecule has 1 saturated carbocycles. The van der Waals surface area contributed by atoms with Gasteiger partial charge in [0.1, 0.15) is 10.6 Å². The molecule has 1 unspecified atom stereocenters. The van der Waals surface area contributed by atoms with Gasteiger partial charge in [-0.25, -0.2) is 4.98 Å². The zero-order valence-electron chi connectivity index (χ0n) is 17.2. The van der Waals surface area contributed by atoms with E-state index in [0.717, 1.165) is 54.0 Å². The molecule has 0 aromatic carbocycles. The summed E-state index contributed by atoms with van der Waals surface area (Å²) in [5.41, 5.74) is 1.22. The van der Waals surface area contributed by atoms with Crippen molar-refractivity contribution in [2.24, 2.45) is 5.92 Å². The highest BCUT2D eigenvalue weighted by Crippen LogP contribution is 2.39. The third-order valence-corrected chi connectivity index (χ3v) is 8.14. The van der Waals surface area contributed by atoms with Gasteiger partial charge in [-0.2, -0.15) is 4.98 Å². The molecule has 160 valence electrons. The number of aryl methyl sites for hydroxylation is 1. The summed E-state index contributed by atoms with van der Waals surface area (Å²) < 4.78 is 12.6. The largest absolute Gasteiger partial charge is 0.467 e. The quantitative estimate of drug-likeness (QED) is 0.306. The first-order valence-corrected chi connectivity index (χ1v) is 12.5. The molecular weight excluding hydrogens is 432 g/mol. The minimum atomic E-state index is 0.0164. The van der Waals surface area contributed by atoms with Gasteiger partial charge in [0.2, 0.25) is 5.89 Å². The molecule has 1 atom stereocenters. The molecule has 9 heteroatoms. The van der Waals surface area contributed by atoms with E-state index in [1.165, 1.54) is 22.2 Å². The lowest BCUT2D eigenvalue weighted by atomic mass is 9.89. The smallest absolute Gasteiger partial charge is 0.263 e. The van der Waals surface area contributed by atoms with E-state index >= 15 is 0 Å². The maximum Gasteiger partial charge on any atom is 0.263 e. The van der Waals surface area contributed by atoms with Crippen molar-refractivity contribution in [3.8, 4) is 0 Å². The molecule has 0 amide bonds. The van der Waals surface area contributed by atoms with Gasteiger partial charge in [0, 0.05) is 10.8 Å². The van der Waals surface area contributed by atoms with Crippen LogP contribution in [0, 0.1) is 5.92 Å². The van der Waals surface area contributed by atoms with Crippen molar-refractivity contribution in [2.45, 2.75) is 62.4 Å². The lowest BCUT2D eigenvalue weighted by Gasteiger charge is -2.17. The molecule has 0 bridgehead atoms. The number of aromatic nitrogens is 4. The molecule has 7 nitrogen and oxygen atoms in total. The molecule has 0 N–H and O–H groups in total. The summed E-state index contributed by atoms with van der Waals surface area (Å²) >= 11 is 3.15. The molecule has 2 aliphatic rings. The van der Waals surface area contributed by atoms with Crippen LogP contribution in [0.5, 0.6) is 0 Å². The van der Waals surface area contributed by atoms with Crippen molar-refractivity contribution in [2.75, 3.05) is 0 Å².